The zero-order valence-corrected chi connectivity index (χ0v) is 12.5. The predicted octanol–water partition coefficient (Wildman–Crippen LogP) is 2.16. The van der Waals surface area contributed by atoms with Crippen LogP contribution in [0.4, 0.5) is 5.69 Å². The molecule has 0 atom stereocenters. The van der Waals surface area contributed by atoms with Crippen LogP contribution < -0.4 is 10.6 Å². The van der Waals surface area contributed by atoms with E-state index in [4.69, 9.17) is 0 Å². The third kappa shape index (κ3) is 2.93. The van der Waals surface area contributed by atoms with Gasteiger partial charge in [-0.25, -0.2) is 0 Å². The summed E-state index contributed by atoms with van der Waals surface area (Å²) in [7, 11) is 0. The van der Waals surface area contributed by atoms with Crippen molar-refractivity contribution in [1.29, 1.82) is 0 Å². The van der Waals surface area contributed by atoms with Gasteiger partial charge in [-0.3, -0.25) is 9.59 Å². The van der Waals surface area contributed by atoms with Crippen LogP contribution in [0.15, 0.2) is 18.2 Å². The summed E-state index contributed by atoms with van der Waals surface area (Å²) >= 11 is 0. The van der Waals surface area contributed by atoms with E-state index >= 15 is 0 Å². The number of amides is 1. The minimum absolute atomic E-state index is 0.275. The molecule has 21 heavy (non-hydrogen) atoms. The van der Waals surface area contributed by atoms with E-state index in [2.05, 4.69) is 10.6 Å². The molecule has 0 radical (unpaired) electrons. The van der Waals surface area contributed by atoms with Crippen LogP contribution in [0.3, 0.4) is 0 Å². The first-order chi connectivity index (χ1) is 10.0. The van der Waals surface area contributed by atoms with Gasteiger partial charge >= 0.3 is 5.97 Å². The van der Waals surface area contributed by atoms with Crippen molar-refractivity contribution in [3.05, 3.63) is 29.3 Å². The van der Waals surface area contributed by atoms with Gasteiger partial charge in [0.2, 0.25) is 5.91 Å². The quantitative estimate of drug-likeness (QED) is 0.726. The van der Waals surface area contributed by atoms with E-state index in [1.165, 1.54) is 5.56 Å². The Labute approximate surface area is 124 Å². The van der Waals surface area contributed by atoms with Crippen LogP contribution in [0.2, 0.25) is 0 Å². The van der Waals surface area contributed by atoms with Gasteiger partial charge in [-0.1, -0.05) is 19.9 Å². The highest BCUT2D eigenvalue weighted by Crippen LogP contribution is 2.29. The Morgan fingerprint density at radius 3 is 2.62 bits per heavy atom. The summed E-state index contributed by atoms with van der Waals surface area (Å²) in [6.45, 7) is 5.21. The number of hydrogen-bond acceptors (Lipinski definition) is 3. The van der Waals surface area contributed by atoms with Crippen molar-refractivity contribution in [3.8, 4) is 0 Å². The monoisotopic (exact) mass is 290 g/mol. The average molecular weight is 290 g/mol. The Morgan fingerprint density at radius 2 is 2.00 bits per heavy atom. The van der Waals surface area contributed by atoms with Gasteiger partial charge in [0.15, 0.2) is 0 Å². The maximum absolute atomic E-state index is 12.4. The van der Waals surface area contributed by atoms with Crippen LogP contribution >= 0.6 is 0 Å². The number of nitrogens with one attached hydrogen (secondary N) is 2. The Bertz CT molecular complexity index is 550. The Balaban J connectivity index is 2.21. The standard InChI is InChI=1S/C16H22N2O3/c1-3-16(4-2,15(20)21)14(19)18-13-6-5-11-7-8-17-10-12(11)9-13/h5-6,9,17H,3-4,7-8,10H2,1-2H3,(H,18,19)(H,20,21). The van der Waals surface area contributed by atoms with Crippen LogP contribution in [0.5, 0.6) is 0 Å². The van der Waals surface area contributed by atoms with Crippen molar-refractivity contribution in [2.45, 2.75) is 39.7 Å². The number of rotatable bonds is 5. The Morgan fingerprint density at radius 1 is 1.29 bits per heavy atom. The van der Waals surface area contributed by atoms with E-state index in [1.54, 1.807) is 13.8 Å². The minimum Gasteiger partial charge on any atom is -0.480 e. The molecule has 1 aromatic carbocycles. The number of aliphatic carboxylic acids is 1. The molecule has 0 fully saturated rings. The number of carboxylic acid groups (broad SMARTS) is 1. The molecule has 5 nitrogen and oxygen atoms in total. The molecule has 114 valence electrons. The number of carbonyl (C=O) groups excluding carboxylic acids is 1. The fourth-order valence-corrected chi connectivity index (χ4v) is 2.78. The first kappa shape index (κ1) is 15.5. The molecule has 5 heteroatoms. The van der Waals surface area contributed by atoms with E-state index in [0.29, 0.717) is 5.69 Å². The van der Waals surface area contributed by atoms with Crippen molar-refractivity contribution in [1.82, 2.24) is 5.32 Å². The van der Waals surface area contributed by atoms with Gasteiger partial charge in [-0.05, 0) is 49.1 Å². The van der Waals surface area contributed by atoms with Crippen LogP contribution in [0.1, 0.15) is 37.8 Å². The zero-order chi connectivity index (χ0) is 15.5. The summed E-state index contributed by atoms with van der Waals surface area (Å²) in [6.07, 6.45) is 1.53. The number of carboxylic acids is 1. The first-order valence-electron chi connectivity index (χ1n) is 7.41. The van der Waals surface area contributed by atoms with Crippen molar-refractivity contribution < 1.29 is 14.7 Å². The molecule has 0 spiro atoms. The molecule has 1 aliphatic rings. The van der Waals surface area contributed by atoms with Crippen molar-refractivity contribution in [3.63, 3.8) is 0 Å². The summed E-state index contributed by atoms with van der Waals surface area (Å²) in [4.78, 5) is 23.9. The van der Waals surface area contributed by atoms with Gasteiger partial charge in [0.1, 0.15) is 5.41 Å². The molecule has 0 unspecified atom stereocenters. The predicted molar refractivity (Wildman–Crippen MR) is 81.1 cm³/mol. The number of anilines is 1. The largest absolute Gasteiger partial charge is 0.480 e. The topological polar surface area (TPSA) is 78.4 Å². The summed E-state index contributed by atoms with van der Waals surface area (Å²) < 4.78 is 0. The lowest BCUT2D eigenvalue weighted by molar-refractivity contribution is -0.154. The zero-order valence-electron chi connectivity index (χ0n) is 12.5. The second-order valence-electron chi connectivity index (χ2n) is 5.46. The normalized spacial score (nSPS) is 14.4. The molecule has 0 bridgehead atoms. The van der Waals surface area contributed by atoms with E-state index in [0.717, 1.165) is 25.1 Å². The molecule has 1 heterocycles. The molecule has 1 aromatic rings. The highest BCUT2D eigenvalue weighted by atomic mass is 16.4. The molecular weight excluding hydrogens is 268 g/mol. The van der Waals surface area contributed by atoms with Crippen LogP contribution in [0.25, 0.3) is 0 Å². The molecule has 2 rings (SSSR count). The maximum atomic E-state index is 12.4. The van der Waals surface area contributed by atoms with Gasteiger partial charge in [-0.2, -0.15) is 0 Å². The molecule has 0 saturated carbocycles. The molecular formula is C16H22N2O3. The van der Waals surface area contributed by atoms with Crippen LogP contribution in [0, 0.1) is 5.41 Å². The molecule has 0 saturated heterocycles. The fourth-order valence-electron chi connectivity index (χ4n) is 2.78. The molecule has 0 aromatic heterocycles. The van der Waals surface area contributed by atoms with Gasteiger partial charge in [0.25, 0.3) is 0 Å². The van der Waals surface area contributed by atoms with E-state index in [1.807, 2.05) is 18.2 Å². The number of carbonyl (C=O) groups is 2. The maximum Gasteiger partial charge on any atom is 0.319 e. The van der Waals surface area contributed by atoms with E-state index < -0.39 is 17.3 Å². The molecule has 1 aliphatic heterocycles. The SMILES string of the molecule is CCC(CC)(C(=O)O)C(=O)Nc1ccc2c(c1)CNCC2. The minimum atomic E-state index is -1.35. The van der Waals surface area contributed by atoms with Gasteiger partial charge in [0, 0.05) is 12.2 Å². The second kappa shape index (κ2) is 6.26. The Kier molecular flexibility index (Phi) is 4.63. The number of fused-ring (bicyclic) bond motifs is 1. The fraction of sp³-hybridized carbons (Fsp3) is 0.500. The summed E-state index contributed by atoms with van der Waals surface area (Å²) in [5, 5.41) is 15.4. The van der Waals surface area contributed by atoms with Crippen molar-refractivity contribution in [2.24, 2.45) is 5.41 Å². The highest BCUT2D eigenvalue weighted by molar-refractivity contribution is 6.08. The van der Waals surface area contributed by atoms with E-state index in [9.17, 15) is 14.7 Å². The van der Waals surface area contributed by atoms with Crippen LogP contribution in [-0.2, 0) is 22.6 Å². The molecule has 1 amide bonds. The second-order valence-corrected chi connectivity index (χ2v) is 5.46. The smallest absolute Gasteiger partial charge is 0.319 e. The van der Waals surface area contributed by atoms with Crippen LogP contribution in [-0.4, -0.2) is 23.5 Å². The summed E-state index contributed by atoms with van der Waals surface area (Å²) in [5.41, 5.74) is 1.75. The molecule has 3 N–H and O–H groups in total. The third-order valence-electron chi connectivity index (χ3n) is 4.40. The lowest BCUT2D eigenvalue weighted by Gasteiger charge is -2.26. The third-order valence-corrected chi connectivity index (χ3v) is 4.40. The van der Waals surface area contributed by atoms with E-state index in [-0.39, 0.29) is 12.8 Å². The van der Waals surface area contributed by atoms with Gasteiger partial charge in [0.05, 0.1) is 0 Å². The number of benzene rings is 1. The highest BCUT2D eigenvalue weighted by Gasteiger charge is 2.42. The summed E-state index contributed by atoms with van der Waals surface area (Å²) in [5.74, 6) is -1.51. The lowest BCUT2D eigenvalue weighted by Crippen LogP contribution is -2.42. The summed E-state index contributed by atoms with van der Waals surface area (Å²) in [6, 6.07) is 5.78. The molecule has 0 aliphatic carbocycles. The number of hydrogen-bond donors (Lipinski definition) is 3. The van der Waals surface area contributed by atoms with Crippen molar-refractivity contribution >= 4 is 17.6 Å². The Hall–Kier alpha value is -1.88. The van der Waals surface area contributed by atoms with Crippen molar-refractivity contribution in [2.75, 3.05) is 11.9 Å². The average Bonchev–Trinajstić information content (AvgIpc) is 2.48. The lowest BCUT2D eigenvalue weighted by atomic mass is 9.81. The van der Waals surface area contributed by atoms with Gasteiger partial charge < -0.3 is 15.7 Å². The first-order valence-corrected chi connectivity index (χ1v) is 7.41. The van der Waals surface area contributed by atoms with Gasteiger partial charge in [-0.15, -0.1) is 0 Å².